The van der Waals surface area contributed by atoms with Gasteiger partial charge in [0.15, 0.2) is 5.11 Å². The van der Waals surface area contributed by atoms with Gasteiger partial charge in [0.25, 0.3) is 0 Å². The summed E-state index contributed by atoms with van der Waals surface area (Å²) in [4.78, 5) is 25.2. The molecule has 6 nitrogen and oxygen atoms in total. The topological polar surface area (TPSA) is 78.9 Å². The number of ether oxygens (including phenoxy) is 1. The second kappa shape index (κ2) is 8.91. The van der Waals surface area contributed by atoms with Crippen molar-refractivity contribution in [3.8, 4) is 0 Å². The highest BCUT2D eigenvalue weighted by atomic mass is 79.9. The molecule has 0 aliphatic carbocycles. The van der Waals surface area contributed by atoms with E-state index in [-0.39, 0.29) is 27.6 Å². The number of methoxy groups -OCH3 is 1. The lowest BCUT2D eigenvalue weighted by atomic mass is 9.94. The van der Waals surface area contributed by atoms with Crippen LogP contribution >= 0.6 is 28.1 Å². The molecule has 2 N–H and O–H groups in total. The molecular formula is C21H16BrF3N2O4S. The number of anilines is 1. The van der Waals surface area contributed by atoms with Crippen LogP contribution in [0.1, 0.15) is 34.5 Å². The van der Waals surface area contributed by atoms with Gasteiger partial charge in [0.1, 0.15) is 0 Å². The number of nitrogens with zero attached hydrogens (tertiary/aromatic N) is 1. The summed E-state index contributed by atoms with van der Waals surface area (Å²) in [5.41, 5.74) is 0.182. The molecule has 2 aromatic carbocycles. The van der Waals surface area contributed by atoms with Crippen molar-refractivity contribution in [2.75, 3.05) is 12.0 Å². The van der Waals surface area contributed by atoms with Gasteiger partial charge in [-0.15, -0.1) is 0 Å². The third-order valence-electron chi connectivity index (χ3n) is 4.88. The molecule has 2 aromatic rings. The molecule has 0 saturated heterocycles. The van der Waals surface area contributed by atoms with Crippen LogP contribution in [0.3, 0.4) is 0 Å². The number of esters is 1. The fourth-order valence-electron chi connectivity index (χ4n) is 3.38. The van der Waals surface area contributed by atoms with Crippen LogP contribution in [0.4, 0.5) is 18.9 Å². The number of hydrogen-bond acceptors (Lipinski definition) is 4. The molecule has 1 heterocycles. The third kappa shape index (κ3) is 4.49. The Labute approximate surface area is 194 Å². The molecule has 32 heavy (non-hydrogen) atoms. The molecule has 1 aliphatic heterocycles. The summed E-state index contributed by atoms with van der Waals surface area (Å²) >= 11 is 8.75. The number of carboxylic acids is 1. The van der Waals surface area contributed by atoms with Crippen LogP contribution in [-0.4, -0.2) is 29.3 Å². The molecule has 3 rings (SSSR count). The highest BCUT2D eigenvalue weighted by Gasteiger charge is 2.37. The Balaban J connectivity index is 2.16. The first kappa shape index (κ1) is 23.7. The molecule has 168 valence electrons. The number of carboxylic acid groups (broad SMARTS) is 1. The molecule has 11 heteroatoms. The first-order valence-corrected chi connectivity index (χ1v) is 10.3. The molecule has 1 aliphatic rings. The zero-order chi connectivity index (χ0) is 23.8. The van der Waals surface area contributed by atoms with E-state index in [9.17, 15) is 27.9 Å². The highest BCUT2D eigenvalue weighted by molar-refractivity contribution is 9.10. The number of thiocarbonyl (C=S) groups is 1. The number of hydrogen-bond donors (Lipinski definition) is 2. The minimum absolute atomic E-state index is 0.0323. The third-order valence-corrected chi connectivity index (χ3v) is 5.87. The number of alkyl halides is 3. The van der Waals surface area contributed by atoms with E-state index in [1.807, 2.05) is 0 Å². The van der Waals surface area contributed by atoms with E-state index in [1.54, 1.807) is 6.92 Å². The Morgan fingerprint density at radius 3 is 2.47 bits per heavy atom. The fraction of sp³-hybridized carbons (Fsp3) is 0.190. The first-order valence-electron chi connectivity index (χ1n) is 9.05. The molecule has 0 amide bonds. The van der Waals surface area contributed by atoms with Crippen molar-refractivity contribution in [2.45, 2.75) is 19.1 Å². The predicted octanol–water partition coefficient (Wildman–Crippen LogP) is 5.05. The smallest absolute Gasteiger partial charge is 0.416 e. The number of halogens is 4. The number of carbonyl (C=O) groups excluding carboxylic acids is 1. The van der Waals surface area contributed by atoms with Crippen LogP contribution in [0.25, 0.3) is 0 Å². The van der Waals surface area contributed by atoms with Gasteiger partial charge in [0.05, 0.1) is 29.9 Å². The van der Waals surface area contributed by atoms with Gasteiger partial charge in [-0.1, -0.05) is 28.1 Å². The van der Waals surface area contributed by atoms with E-state index < -0.39 is 29.7 Å². The minimum Gasteiger partial charge on any atom is -0.478 e. The summed E-state index contributed by atoms with van der Waals surface area (Å²) in [6.07, 6.45) is -4.55. The van der Waals surface area contributed by atoms with Crippen LogP contribution in [0, 0.1) is 0 Å². The Morgan fingerprint density at radius 1 is 1.22 bits per heavy atom. The number of rotatable bonds is 4. The lowest BCUT2D eigenvalue weighted by Gasteiger charge is -2.38. The Hall–Kier alpha value is -2.92. The summed E-state index contributed by atoms with van der Waals surface area (Å²) < 4.78 is 44.9. The zero-order valence-electron chi connectivity index (χ0n) is 16.7. The average molecular weight is 529 g/mol. The average Bonchev–Trinajstić information content (AvgIpc) is 2.72. The van der Waals surface area contributed by atoms with Crippen LogP contribution < -0.4 is 10.2 Å². The largest absolute Gasteiger partial charge is 0.478 e. The fourth-order valence-corrected chi connectivity index (χ4v) is 4.35. The molecule has 0 bridgehead atoms. The van der Waals surface area contributed by atoms with E-state index in [4.69, 9.17) is 17.0 Å². The lowest BCUT2D eigenvalue weighted by molar-refractivity contribution is -0.138. The van der Waals surface area contributed by atoms with Gasteiger partial charge in [-0.25, -0.2) is 9.59 Å². The number of allylic oxidation sites excluding steroid dienone is 1. The molecule has 0 saturated carbocycles. The van der Waals surface area contributed by atoms with Crippen molar-refractivity contribution < 1.29 is 32.6 Å². The molecular weight excluding hydrogens is 513 g/mol. The molecule has 0 spiro atoms. The zero-order valence-corrected chi connectivity index (χ0v) is 19.1. The SMILES string of the molecule is COC(=O)C1=C(C)N(c2cccc(C(F)(F)F)c2)C(=S)N[C@@H]1c1ccc(C(=O)O)cc1Br. The van der Waals surface area contributed by atoms with E-state index in [0.29, 0.717) is 10.0 Å². The minimum atomic E-state index is -4.55. The number of benzene rings is 2. The quantitative estimate of drug-likeness (QED) is 0.424. The normalized spacial score (nSPS) is 16.6. The number of carbonyl (C=O) groups is 2. The van der Waals surface area contributed by atoms with Crippen molar-refractivity contribution >= 4 is 50.9 Å². The van der Waals surface area contributed by atoms with E-state index >= 15 is 0 Å². The molecule has 0 radical (unpaired) electrons. The molecule has 0 fully saturated rings. The predicted molar refractivity (Wildman–Crippen MR) is 118 cm³/mol. The van der Waals surface area contributed by atoms with Crippen molar-refractivity contribution in [1.29, 1.82) is 0 Å². The van der Waals surface area contributed by atoms with Gasteiger partial charge in [-0.2, -0.15) is 13.2 Å². The van der Waals surface area contributed by atoms with Crippen LogP contribution in [0.5, 0.6) is 0 Å². The van der Waals surface area contributed by atoms with Crippen LogP contribution in [0.15, 0.2) is 58.2 Å². The summed E-state index contributed by atoms with van der Waals surface area (Å²) in [5, 5.41) is 12.2. The summed E-state index contributed by atoms with van der Waals surface area (Å²) in [6, 6.07) is 8.01. The second-order valence-electron chi connectivity index (χ2n) is 6.80. The van der Waals surface area contributed by atoms with E-state index in [1.165, 1.54) is 42.3 Å². The van der Waals surface area contributed by atoms with Crippen molar-refractivity contribution in [3.63, 3.8) is 0 Å². The second-order valence-corrected chi connectivity index (χ2v) is 8.04. The van der Waals surface area contributed by atoms with Crippen LogP contribution in [-0.2, 0) is 15.7 Å². The van der Waals surface area contributed by atoms with E-state index in [2.05, 4.69) is 21.2 Å². The summed E-state index contributed by atoms with van der Waals surface area (Å²) in [6.45, 7) is 1.55. The molecule has 0 aromatic heterocycles. The Kier molecular flexibility index (Phi) is 6.61. The Bertz CT molecular complexity index is 1150. The highest BCUT2D eigenvalue weighted by Crippen LogP contribution is 2.38. The maximum absolute atomic E-state index is 13.2. The Morgan fingerprint density at radius 2 is 1.91 bits per heavy atom. The maximum Gasteiger partial charge on any atom is 0.416 e. The molecule has 0 unspecified atom stereocenters. The maximum atomic E-state index is 13.2. The van der Waals surface area contributed by atoms with Gasteiger partial charge in [0, 0.05) is 15.9 Å². The summed E-state index contributed by atoms with van der Waals surface area (Å²) in [7, 11) is 1.18. The lowest BCUT2D eigenvalue weighted by Crippen LogP contribution is -2.48. The molecule has 1 atom stereocenters. The summed E-state index contributed by atoms with van der Waals surface area (Å²) in [5.74, 6) is -1.84. The number of nitrogens with one attached hydrogen (secondary N) is 1. The van der Waals surface area contributed by atoms with Crippen LogP contribution in [0.2, 0.25) is 0 Å². The standard InChI is InChI=1S/C21H16BrF3N2O4S/c1-10-16(19(30)31-2)17(14-7-6-11(18(28)29)8-15(14)22)26-20(32)27(10)13-5-3-4-12(9-13)21(23,24)25/h3-9,17H,1-2H3,(H,26,32)(H,28,29)/t17-/m1/s1. The van der Waals surface area contributed by atoms with Gasteiger partial charge in [-0.05, 0) is 55.0 Å². The van der Waals surface area contributed by atoms with Gasteiger partial charge in [0.2, 0.25) is 0 Å². The van der Waals surface area contributed by atoms with Gasteiger partial charge >= 0.3 is 18.1 Å². The monoisotopic (exact) mass is 528 g/mol. The van der Waals surface area contributed by atoms with Crippen molar-refractivity contribution in [3.05, 3.63) is 74.9 Å². The van der Waals surface area contributed by atoms with Gasteiger partial charge < -0.3 is 15.2 Å². The van der Waals surface area contributed by atoms with Gasteiger partial charge in [-0.3, -0.25) is 4.90 Å². The van der Waals surface area contributed by atoms with Crippen molar-refractivity contribution in [1.82, 2.24) is 5.32 Å². The van der Waals surface area contributed by atoms with Crippen molar-refractivity contribution in [2.24, 2.45) is 0 Å². The number of aromatic carboxylic acids is 1. The van der Waals surface area contributed by atoms with E-state index in [0.717, 1.165) is 12.1 Å². The first-order chi connectivity index (χ1) is 15.0.